The van der Waals surface area contributed by atoms with Crippen LogP contribution in [0.15, 0.2) is 36.4 Å². The highest BCUT2D eigenvalue weighted by Crippen LogP contribution is 2.31. The van der Waals surface area contributed by atoms with Gasteiger partial charge in [0.25, 0.3) is 5.91 Å². The zero-order valence-corrected chi connectivity index (χ0v) is 16.3. The van der Waals surface area contributed by atoms with Crippen molar-refractivity contribution in [2.75, 3.05) is 26.1 Å². The predicted octanol–water partition coefficient (Wildman–Crippen LogP) is 4.11. The molecule has 0 aliphatic heterocycles. The van der Waals surface area contributed by atoms with Crippen LogP contribution in [0.4, 0.5) is 5.69 Å². The lowest BCUT2D eigenvalue weighted by Crippen LogP contribution is -2.20. The van der Waals surface area contributed by atoms with Gasteiger partial charge in [0.1, 0.15) is 17.1 Å². The lowest BCUT2D eigenvalue weighted by atomic mass is 10.1. The van der Waals surface area contributed by atoms with E-state index in [0.29, 0.717) is 11.4 Å². The van der Waals surface area contributed by atoms with Crippen LogP contribution in [0.25, 0.3) is 0 Å². The molecule has 0 aliphatic carbocycles. The van der Waals surface area contributed by atoms with Crippen molar-refractivity contribution in [3.8, 4) is 11.5 Å². The quantitative estimate of drug-likeness (QED) is 0.685. The maximum absolute atomic E-state index is 12.2. The van der Waals surface area contributed by atoms with E-state index in [0.717, 1.165) is 12.8 Å². The minimum absolute atomic E-state index is 0.173. The molecule has 27 heavy (non-hydrogen) atoms. The van der Waals surface area contributed by atoms with Crippen molar-refractivity contribution < 1.29 is 23.8 Å². The van der Waals surface area contributed by atoms with Crippen LogP contribution in [0.5, 0.6) is 11.5 Å². The fraction of sp³-hybridized carbons (Fsp3) is 0.300. The molecule has 0 spiro atoms. The van der Waals surface area contributed by atoms with Gasteiger partial charge in [0.05, 0.1) is 24.9 Å². The Kier molecular flexibility index (Phi) is 7.49. The number of carbonyl (C=O) groups is 2. The topological polar surface area (TPSA) is 73.9 Å². The zero-order chi connectivity index (χ0) is 19.8. The van der Waals surface area contributed by atoms with Crippen molar-refractivity contribution in [3.05, 3.63) is 52.5 Å². The van der Waals surface area contributed by atoms with E-state index in [1.807, 2.05) is 24.3 Å². The summed E-state index contributed by atoms with van der Waals surface area (Å²) < 4.78 is 15.3. The summed E-state index contributed by atoms with van der Waals surface area (Å²) in [5.41, 5.74) is 1.71. The van der Waals surface area contributed by atoms with E-state index < -0.39 is 5.97 Å². The highest BCUT2D eigenvalue weighted by Gasteiger charge is 2.17. The Hall–Kier alpha value is -2.73. The van der Waals surface area contributed by atoms with Crippen LogP contribution in [-0.2, 0) is 16.0 Å². The van der Waals surface area contributed by atoms with Crippen LogP contribution < -0.4 is 14.8 Å². The van der Waals surface area contributed by atoms with Crippen LogP contribution in [0.1, 0.15) is 29.3 Å². The van der Waals surface area contributed by atoms with E-state index in [2.05, 4.69) is 17.0 Å². The average molecular weight is 392 g/mol. The number of hydrogen-bond acceptors (Lipinski definition) is 5. The van der Waals surface area contributed by atoms with Gasteiger partial charge in [0, 0.05) is 6.07 Å². The number of rotatable bonds is 8. The number of halogens is 1. The smallest absolute Gasteiger partial charge is 0.341 e. The van der Waals surface area contributed by atoms with Gasteiger partial charge in [-0.1, -0.05) is 37.1 Å². The van der Waals surface area contributed by atoms with Crippen molar-refractivity contribution in [1.29, 1.82) is 0 Å². The van der Waals surface area contributed by atoms with Crippen molar-refractivity contribution in [1.82, 2.24) is 0 Å². The van der Waals surface area contributed by atoms with Crippen LogP contribution in [0, 0.1) is 0 Å². The van der Waals surface area contributed by atoms with Gasteiger partial charge in [0.15, 0.2) is 6.61 Å². The maximum Gasteiger partial charge on any atom is 0.341 e. The first-order chi connectivity index (χ1) is 13.0. The number of ether oxygens (including phenoxy) is 3. The Bertz CT molecular complexity index is 805. The maximum atomic E-state index is 12.2. The van der Waals surface area contributed by atoms with Crippen molar-refractivity contribution in [2.24, 2.45) is 0 Å². The van der Waals surface area contributed by atoms with Crippen LogP contribution >= 0.6 is 11.6 Å². The molecule has 6 nitrogen and oxygen atoms in total. The summed E-state index contributed by atoms with van der Waals surface area (Å²) in [6.07, 6.45) is 2.07. The third-order valence-corrected chi connectivity index (χ3v) is 4.11. The standard InChI is InChI=1S/C20H22ClNO5/c1-4-5-13-6-8-14(9-7-13)27-12-19(23)22-17-11-18(25-2)15(10-16(17)21)20(24)26-3/h6-11H,4-5,12H2,1-3H3,(H,22,23). The van der Waals surface area contributed by atoms with Gasteiger partial charge < -0.3 is 19.5 Å². The summed E-state index contributed by atoms with van der Waals surface area (Å²) in [7, 11) is 2.67. The molecule has 144 valence electrons. The molecule has 0 aromatic heterocycles. The molecule has 0 radical (unpaired) electrons. The largest absolute Gasteiger partial charge is 0.496 e. The van der Waals surface area contributed by atoms with Gasteiger partial charge in [0.2, 0.25) is 0 Å². The second-order valence-electron chi connectivity index (χ2n) is 5.75. The van der Waals surface area contributed by atoms with Crippen molar-refractivity contribution in [3.63, 3.8) is 0 Å². The Morgan fingerprint density at radius 2 is 1.81 bits per heavy atom. The number of amides is 1. The number of methoxy groups -OCH3 is 2. The summed E-state index contributed by atoms with van der Waals surface area (Å²) in [5.74, 6) is -0.118. The molecule has 0 heterocycles. The molecule has 0 unspecified atom stereocenters. The normalized spacial score (nSPS) is 10.2. The first-order valence-electron chi connectivity index (χ1n) is 8.46. The summed E-state index contributed by atoms with van der Waals surface area (Å²) in [6.45, 7) is 1.94. The summed E-state index contributed by atoms with van der Waals surface area (Å²) in [5, 5.41) is 2.83. The highest BCUT2D eigenvalue weighted by molar-refractivity contribution is 6.34. The fourth-order valence-corrected chi connectivity index (χ4v) is 2.67. The van der Waals surface area contributed by atoms with E-state index in [1.165, 1.54) is 31.9 Å². The molecule has 0 atom stereocenters. The first kappa shape index (κ1) is 20.6. The molecule has 0 saturated carbocycles. The third-order valence-electron chi connectivity index (χ3n) is 3.80. The lowest BCUT2D eigenvalue weighted by molar-refractivity contribution is -0.118. The van der Waals surface area contributed by atoms with E-state index in [4.69, 9.17) is 21.1 Å². The molecule has 1 amide bonds. The lowest BCUT2D eigenvalue weighted by Gasteiger charge is -2.13. The molecule has 0 bridgehead atoms. The SMILES string of the molecule is CCCc1ccc(OCC(=O)Nc2cc(OC)c(C(=O)OC)cc2Cl)cc1. The molecule has 1 N–H and O–H groups in total. The van der Waals surface area contributed by atoms with Gasteiger partial charge in [-0.15, -0.1) is 0 Å². The molecule has 0 saturated heterocycles. The first-order valence-corrected chi connectivity index (χ1v) is 8.83. The molecule has 0 aliphatic rings. The Morgan fingerprint density at radius 1 is 1.11 bits per heavy atom. The Morgan fingerprint density at radius 3 is 2.41 bits per heavy atom. The number of nitrogens with one attached hydrogen (secondary N) is 1. The molecular formula is C20H22ClNO5. The molecule has 2 aromatic rings. The summed E-state index contributed by atoms with van der Waals surface area (Å²) in [4.78, 5) is 23.9. The fourth-order valence-electron chi connectivity index (χ4n) is 2.46. The zero-order valence-electron chi connectivity index (χ0n) is 15.5. The minimum atomic E-state index is -0.582. The molecular weight excluding hydrogens is 370 g/mol. The van der Waals surface area contributed by atoms with Crippen molar-refractivity contribution in [2.45, 2.75) is 19.8 Å². The van der Waals surface area contributed by atoms with E-state index in [9.17, 15) is 9.59 Å². The monoisotopic (exact) mass is 391 g/mol. The molecule has 2 rings (SSSR count). The number of carbonyl (C=O) groups excluding carboxylic acids is 2. The summed E-state index contributed by atoms with van der Waals surface area (Å²) in [6, 6.07) is 10.5. The highest BCUT2D eigenvalue weighted by atomic mass is 35.5. The van der Waals surface area contributed by atoms with Gasteiger partial charge in [-0.3, -0.25) is 4.79 Å². The van der Waals surface area contributed by atoms with Crippen LogP contribution in [0.2, 0.25) is 5.02 Å². The summed E-state index contributed by atoms with van der Waals surface area (Å²) >= 11 is 6.15. The van der Waals surface area contributed by atoms with E-state index in [-0.39, 0.29) is 28.8 Å². The van der Waals surface area contributed by atoms with Gasteiger partial charge >= 0.3 is 5.97 Å². The van der Waals surface area contributed by atoms with Crippen molar-refractivity contribution >= 4 is 29.2 Å². The van der Waals surface area contributed by atoms with Crippen LogP contribution in [0.3, 0.4) is 0 Å². The number of hydrogen-bond donors (Lipinski definition) is 1. The molecule has 0 fully saturated rings. The Balaban J connectivity index is 2.01. The number of aryl methyl sites for hydroxylation is 1. The minimum Gasteiger partial charge on any atom is -0.496 e. The van der Waals surface area contributed by atoms with E-state index in [1.54, 1.807) is 0 Å². The molecule has 7 heteroatoms. The van der Waals surface area contributed by atoms with Gasteiger partial charge in [-0.05, 0) is 30.2 Å². The Labute approximate surface area is 163 Å². The number of esters is 1. The van der Waals surface area contributed by atoms with Crippen LogP contribution in [-0.4, -0.2) is 32.7 Å². The second kappa shape index (κ2) is 9.83. The molecule has 2 aromatic carbocycles. The average Bonchev–Trinajstić information content (AvgIpc) is 2.68. The van der Waals surface area contributed by atoms with E-state index >= 15 is 0 Å². The number of anilines is 1. The number of benzene rings is 2. The van der Waals surface area contributed by atoms with Gasteiger partial charge in [-0.25, -0.2) is 4.79 Å². The predicted molar refractivity (Wildman–Crippen MR) is 104 cm³/mol. The van der Waals surface area contributed by atoms with Gasteiger partial charge in [-0.2, -0.15) is 0 Å². The second-order valence-corrected chi connectivity index (χ2v) is 6.16. The third kappa shape index (κ3) is 5.62.